The summed E-state index contributed by atoms with van der Waals surface area (Å²) < 4.78 is 0. The molecule has 126 valence electrons. The van der Waals surface area contributed by atoms with Crippen molar-refractivity contribution in [3.8, 4) is 12.3 Å². The summed E-state index contributed by atoms with van der Waals surface area (Å²) in [6.45, 7) is 8.81. The Morgan fingerprint density at radius 2 is 2.04 bits per heavy atom. The number of allylic oxidation sites excluding steroid dienone is 6. The van der Waals surface area contributed by atoms with Crippen molar-refractivity contribution in [2.45, 2.75) is 59.8 Å². The van der Waals surface area contributed by atoms with Gasteiger partial charge in [0, 0.05) is 5.56 Å². The quantitative estimate of drug-likeness (QED) is 0.381. The van der Waals surface area contributed by atoms with E-state index >= 15 is 0 Å². The van der Waals surface area contributed by atoms with Gasteiger partial charge < -0.3 is 0 Å². The van der Waals surface area contributed by atoms with Crippen molar-refractivity contribution in [2.24, 2.45) is 5.92 Å². The van der Waals surface area contributed by atoms with E-state index < -0.39 is 0 Å². The molecule has 1 fully saturated rings. The number of hydrogen-bond acceptors (Lipinski definition) is 0. The molecular formula is C24H30. The van der Waals surface area contributed by atoms with E-state index in [0.717, 1.165) is 24.3 Å². The fourth-order valence-electron chi connectivity index (χ4n) is 3.39. The monoisotopic (exact) mass is 318 g/mol. The second-order valence-corrected chi connectivity index (χ2v) is 6.71. The maximum absolute atomic E-state index is 5.55. The zero-order valence-electron chi connectivity index (χ0n) is 15.7. The Morgan fingerprint density at radius 3 is 2.54 bits per heavy atom. The van der Waals surface area contributed by atoms with Gasteiger partial charge in [-0.1, -0.05) is 50.5 Å². The molecule has 0 amide bonds. The van der Waals surface area contributed by atoms with Crippen LogP contribution < -0.4 is 0 Å². The van der Waals surface area contributed by atoms with Crippen LogP contribution in [0.5, 0.6) is 0 Å². The predicted molar refractivity (Wildman–Crippen MR) is 107 cm³/mol. The molecule has 0 aliphatic heterocycles. The van der Waals surface area contributed by atoms with E-state index in [-0.39, 0.29) is 0 Å². The standard InChI is InChI=1S/C24H30/c1-6-10-20(11-7-2)17-24(21-13-14-21)22(9-4)23-15-12-19(8-3)16-18(23)5/h3,6,10,12,15-17,21H,7,9,11,13-14H2,1-2,4-5H3/b10-6+,20-17+,24-22-. The molecule has 1 saturated carbocycles. The molecule has 24 heavy (non-hydrogen) atoms. The first-order chi connectivity index (χ1) is 11.6. The van der Waals surface area contributed by atoms with Crippen LogP contribution in [0.25, 0.3) is 5.57 Å². The van der Waals surface area contributed by atoms with E-state index in [1.807, 2.05) is 0 Å². The molecule has 0 heteroatoms. The second-order valence-electron chi connectivity index (χ2n) is 6.71. The van der Waals surface area contributed by atoms with Crippen LogP contribution in [0, 0.1) is 25.2 Å². The molecule has 0 radical (unpaired) electrons. The van der Waals surface area contributed by atoms with E-state index in [1.165, 1.54) is 41.5 Å². The second kappa shape index (κ2) is 8.74. The van der Waals surface area contributed by atoms with Crippen LogP contribution in [0.4, 0.5) is 0 Å². The van der Waals surface area contributed by atoms with Gasteiger partial charge in [-0.2, -0.15) is 0 Å². The van der Waals surface area contributed by atoms with E-state index in [4.69, 9.17) is 6.42 Å². The normalized spacial score (nSPS) is 16.2. The van der Waals surface area contributed by atoms with Gasteiger partial charge in [-0.3, -0.25) is 0 Å². The lowest BCUT2D eigenvalue weighted by atomic mass is 9.89. The van der Waals surface area contributed by atoms with Gasteiger partial charge in [-0.15, -0.1) is 6.42 Å². The van der Waals surface area contributed by atoms with Gasteiger partial charge in [0.1, 0.15) is 0 Å². The largest absolute Gasteiger partial charge is 0.115 e. The molecule has 0 bridgehead atoms. The summed E-state index contributed by atoms with van der Waals surface area (Å²) >= 11 is 0. The van der Waals surface area contributed by atoms with Crippen molar-refractivity contribution in [2.75, 3.05) is 0 Å². The smallest absolute Gasteiger partial charge is 0.0245 e. The summed E-state index contributed by atoms with van der Waals surface area (Å²) in [6.07, 6.45) is 18.5. The van der Waals surface area contributed by atoms with Gasteiger partial charge in [0.05, 0.1) is 0 Å². The Hall–Kier alpha value is -2.00. The van der Waals surface area contributed by atoms with Crippen LogP contribution in [-0.4, -0.2) is 0 Å². The van der Waals surface area contributed by atoms with Crippen molar-refractivity contribution >= 4 is 5.57 Å². The Balaban J connectivity index is 2.55. The maximum Gasteiger partial charge on any atom is 0.0245 e. The minimum absolute atomic E-state index is 0.740. The topological polar surface area (TPSA) is 0 Å². The summed E-state index contributed by atoms with van der Waals surface area (Å²) in [7, 11) is 0. The summed E-state index contributed by atoms with van der Waals surface area (Å²) in [6, 6.07) is 6.43. The molecule has 0 spiro atoms. The molecule has 1 aromatic rings. The van der Waals surface area contributed by atoms with Crippen molar-refractivity contribution in [1.29, 1.82) is 0 Å². The van der Waals surface area contributed by atoms with Crippen molar-refractivity contribution in [3.63, 3.8) is 0 Å². The highest BCUT2D eigenvalue weighted by Gasteiger charge is 2.27. The molecule has 0 N–H and O–H groups in total. The fraction of sp³-hybridized carbons (Fsp3) is 0.417. The number of rotatable bonds is 7. The lowest BCUT2D eigenvalue weighted by Gasteiger charge is -2.15. The summed E-state index contributed by atoms with van der Waals surface area (Å²) in [5.74, 6) is 3.48. The zero-order chi connectivity index (χ0) is 17.5. The van der Waals surface area contributed by atoms with Crippen LogP contribution >= 0.6 is 0 Å². The first-order valence-corrected chi connectivity index (χ1v) is 9.28. The van der Waals surface area contributed by atoms with Crippen molar-refractivity contribution in [3.05, 3.63) is 64.3 Å². The fourth-order valence-corrected chi connectivity index (χ4v) is 3.39. The van der Waals surface area contributed by atoms with Gasteiger partial charge >= 0.3 is 0 Å². The number of hydrogen-bond donors (Lipinski definition) is 0. The Labute approximate surface area is 148 Å². The average Bonchev–Trinajstić information content (AvgIpc) is 3.41. The minimum Gasteiger partial charge on any atom is -0.115 e. The van der Waals surface area contributed by atoms with Gasteiger partial charge in [0.25, 0.3) is 0 Å². The Bertz CT molecular complexity index is 700. The third-order valence-electron chi connectivity index (χ3n) is 4.70. The number of aryl methyl sites for hydroxylation is 1. The van der Waals surface area contributed by atoms with Gasteiger partial charge in [-0.25, -0.2) is 0 Å². The van der Waals surface area contributed by atoms with E-state index in [9.17, 15) is 0 Å². The molecular weight excluding hydrogens is 288 g/mol. The van der Waals surface area contributed by atoms with Crippen LogP contribution in [-0.2, 0) is 0 Å². The molecule has 1 aromatic carbocycles. The molecule has 0 heterocycles. The van der Waals surface area contributed by atoms with Crippen LogP contribution in [0.1, 0.15) is 69.6 Å². The maximum atomic E-state index is 5.55. The Morgan fingerprint density at radius 1 is 1.29 bits per heavy atom. The summed E-state index contributed by atoms with van der Waals surface area (Å²) in [5, 5.41) is 0. The highest BCUT2D eigenvalue weighted by Crippen LogP contribution is 2.43. The molecule has 2 rings (SSSR count). The van der Waals surface area contributed by atoms with Gasteiger partial charge in [-0.05, 0) is 85.4 Å². The minimum atomic E-state index is 0.740. The van der Waals surface area contributed by atoms with Crippen LogP contribution in [0.3, 0.4) is 0 Å². The zero-order valence-corrected chi connectivity index (χ0v) is 15.7. The molecule has 1 aliphatic rings. The molecule has 0 nitrogen and oxygen atoms in total. The van der Waals surface area contributed by atoms with Crippen molar-refractivity contribution < 1.29 is 0 Å². The summed E-state index contributed by atoms with van der Waals surface area (Å²) in [5.41, 5.74) is 8.12. The third kappa shape index (κ3) is 4.51. The highest BCUT2D eigenvalue weighted by atomic mass is 14.3. The van der Waals surface area contributed by atoms with E-state index in [1.54, 1.807) is 5.57 Å². The first-order valence-electron chi connectivity index (χ1n) is 9.28. The number of benzene rings is 1. The third-order valence-corrected chi connectivity index (χ3v) is 4.70. The summed E-state index contributed by atoms with van der Waals surface area (Å²) in [4.78, 5) is 0. The number of terminal acetylenes is 1. The SMILES string of the molecule is C#Cc1ccc(/C(CC)=C(/C=C(\C=C\C)CCC)C2CC2)c(C)c1. The van der Waals surface area contributed by atoms with E-state index in [2.05, 4.69) is 70.0 Å². The van der Waals surface area contributed by atoms with Crippen molar-refractivity contribution in [1.82, 2.24) is 0 Å². The van der Waals surface area contributed by atoms with Gasteiger partial charge in [0.2, 0.25) is 0 Å². The molecule has 1 aliphatic carbocycles. The van der Waals surface area contributed by atoms with Gasteiger partial charge in [0.15, 0.2) is 0 Å². The molecule has 0 saturated heterocycles. The molecule has 0 atom stereocenters. The van der Waals surface area contributed by atoms with Crippen LogP contribution in [0.2, 0.25) is 0 Å². The highest BCUT2D eigenvalue weighted by molar-refractivity contribution is 5.74. The van der Waals surface area contributed by atoms with E-state index in [0.29, 0.717) is 0 Å². The lowest BCUT2D eigenvalue weighted by Crippen LogP contribution is -1.96. The Kier molecular flexibility index (Phi) is 6.68. The average molecular weight is 319 g/mol. The predicted octanol–water partition coefficient (Wildman–Crippen LogP) is 6.85. The first kappa shape index (κ1) is 18.3. The molecule has 0 unspecified atom stereocenters. The molecule has 0 aromatic heterocycles. The lowest BCUT2D eigenvalue weighted by molar-refractivity contribution is 0.917. The van der Waals surface area contributed by atoms with Crippen LogP contribution in [0.15, 0.2) is 47.6 Å².